The van der Waals surface area contributed by atoms with Crippen molar-refractivity contribution in [2.45, 2.75) is 12.8 Å². The molecule has 0 heterocycles. The van der Waals surface area contributed by atoms with E-state index in [2.05, 4.69) is 13.5 Å². The lowest BCUT2D eigenvalue weighted by atomic mass is 10.1. The number of rotatable bonds is 3. The van der Waals surface area contributed by atoms with Crippen LogP contribution in [0.4, 0.5) is 0 Å². The first kappa shape index (κ1) is 8.85. The van der Waals surface area contributed by atoms with Gasteiger partial charge in [-0.25, -0.2) is 0 Å². The lowest BCUT2D eigenvalue weighted by Gasteiger charge is -2.03. The zero-order valence-corrected chi connectivity index (χ0v) is 7.09. The second-order valence-electron chi connectivity index (χ2n) is 2.71. The van der Waals surface area contributed by atoms with Gasteiger partial charge in [0.05, 0.1) is 0 Å². The highest BCUT2D eigenvalue weighted by Gasteiger charge is 1.99. The molecule has 1 aromatic rings. The van der Waals surface area contributed by atoms with Crippen LogP contribution in [0.1, 0.15) is 11.1 Å². The first-order chi connectivity index (χ1) is 5.77. The van der Waals surface area contributed by atoms with E-state index in [-0.39, 0.29) is 0 Å². The van der Waals surface area contributed by atoms with Crippen LogP contribution in [0.25, 0.3) is 0 Å². The smallest absolute Gasteiger partial charge is 0.119 e. The Morgan fingerprint density at radius 3 is 2.75 bits per heavy atom. The van der Waals surface area contributed by atoms with Crippen LogP contribution in [0.2, 0.25) is 0 Å². The Morgan fingerprint density at radius 2 is 2.17 bits per heavy atom. The van der Waals surface area contributed by atoms with E-state index < -0.39 is 0 Å². The Hall–Kier alpha value is -1.24. The topological polar surface area (TPSA) is 20.2 Å². The SMILES string of the molecule is [CH2]Cc1ccc(O)c(CC=C)c1. The lowest BCUT2D eigenvalue weighted by molar-refractivity contribution is 0.469. The second-order valence-corrected chi connectivity index (χ2v) is 2.71. The van der Waals surface area contributed by atoms with Gasteiger partial charge >= 0.3 is 0 Å². The van der Waals surface area contributed by atoms with E-state index in [1.807, 2.05) is 12.1 Å². The summed E-state index contributed by atoms with van der Waals surface area (Å²) in [7, 11) is 0. The molecule has 12 heavy (non-hydrogen) atoms. The summed E-state index contributed by atoms with van der Waals surface area (Å²) in [5.74, 6) is 0.340. The number of phenolic OH excluding ortho intramolecular Hbond substituents is 1. The summed E-state index contributed by atoms with van der Waals surface area (Å²) < 4.78 is 0. The normalized spacial score (nSPS) is 9.75. The zero-order valence-electron chi connectivity index (χ0n) is 7.09. The van der Waals surface area contributed by atoms with Crippen LogP contribution in [0.15, 0.2) is 30.9 Å². The summed E-state index contributed by atoms with van der Waals surface area (Å²) in [6.45, 7) is 7.41. The molecule has 1 aromatic carbocycles. The van der Waals surface area contributed by atoms with E-state index in [0.29, 0.717) is 12.2 Å². The van der Waals surface area contributed by atoms with Gasteiger partial charge in [0.2, 0.25) is 0 Å². The molecule has 0 aromatic heterocycles. The van der Waals surface area contributed by atoms with Crippen molar-refractivity contribution in [3.63, 3.8) is 0 Å². The molecule has 0 fully saturated rings. The zero-order chi connectivity index (χ0) is 8.97. The van der Waals surface area contributed by atoms with Gasteiger partial charge < -0.3 is 5.11 Å². The highest BCUT2D eigenvalue weighted by Crippen LogP contribution is 2.19. The van der Waals surface area contributed by atoms with E-state index in [1.54, 1.807) is 12.1 Å². The molecule has 1 nitrogen and oxygen atoms in total. The number of benzene rings is 1. The third-order valence-corrected chi connectivity index (χ3v) is 1.80. The fraction of sp³-hybridized carbons (Fsp3) is 0.182. The molecule has 0 aliphatic rings. The molecular weight excluding hydrogens is 148 g/mol. The Balaban J connectivity index is 2.99. The van der Waals surface area contributed by atoms with Crippen LogP contribution in [-0.2, 0) is 12.8 Å². The summed E-state index contributed by atoms with van der Waals surface area (Å²) in [5, 5.41) is 9.39. The van der Waals surface area contributed by atoms with Gasteiger partial charge in [-0.3, -0.25) is 0 Å². The minimum Gasteiger partial charge on any atom is -0.508 e. The monoisotopic (exact) mass is 161 g/mol. The van der Waals surface area contributed by atoms with E-state index in [0.717, 1.165) is 17.5 Å². The van der Waals surface area contributed by atoms with Gasteiger partial charge in [-0.2, -0.15) is 0 Å². The second kappa shape index (κ2) is 3.96. The first-order valence-corrected chi connectivity index (χ1v) is 3.99. The van der Waals surface area contributed by atoms with Crippen LogP contribution >= 0.6 is 0 Å². The maximum absolute atomic E-state index is 9.39. The molecule has 63 valence electrons. The summed E-state index contributed by atoms with van der Waals surface area (Å²) in [5.41, 5.74) is 2.07. The third kappa shape index (κ3) is 1.88. The molecular formula is C11H13O. The fourth-order valence-electron chi connectivity index (χ4n) is 1.11. The van der Waals surface area contributed by atoms with Crippen molar-refractivity contribution >= 4 is 0 Å². The van der Waals surface area contributed by atoms with Gasteiger partial charge in [-0.15, -0.1) is 6.58 Å². The first-order valence-electron chi connectivity index (χ1n) is 3.99. The summed E-state index contributed by atoms with van der Waals surface area (Å²) in [6, 6.07) is 5.55. The Morgan fingerprint density at radius 1 is 1.42 bits per heavy atom. The summed E-state index contributed by atoms with van der Waals surface area (Å²) in [6.07, 6.45) is 3.24. The number of hydrogen-bond donors (Lipinski definition) is 1. The van der Waals surface area contributed by atoms with Crippen molar-refractivity contribution in [2.24, 2.45) is 0 Å². The van der Waals surface area contributed by atoms with Gasteiger partial charge in [0.15, 0.2) is 0 Å². The number of aromatic hydroxyl groups is 1. The molecule has 0 aliphatic carbocycles. The van der Waals surface area contributed by atoms with Crippen molar-refractivity contribution in [3.05, 3.63) is 48.9 Å². The van der Waals surface area contributed by atoms with Crippen molar-refractivity contribution in [1.29, 1.82) is 0 Å². The molecule has 0 atom stereocenters. The maximum Gasteiger partial charge on any atom is 0.119 e. The molecule has 1 rings (SSSR count). The lowest BCUT2D eigenvalue weighted by Crippen LogP contribution is -1.86. The molecule has 0 saturated carbocycles. The van der Waals surface area contributed by atoms with Gasteiger partial charge in [-0.1, -0.05) is 18.2 Å². The van der Waals surface area contributed by atoms with Crippen LogP contribution in [-0.4, -0.2) is 5.11 Å². The number of hydrogen-bond acceptors (Lipinski definition) is 1. The van der Waals surface area contributed by atoms with Crippen molar-refractivity contribution in [1.82, 2.24) is 0 Å². The quantitative estimate of drug-likeness (QED) is 0.675. The summed E-state index contributed by atoms with van der Waals surface area (Å²) in [4.78, 5) is 0. The summed E-state index contributed by atoms with van der Waals surface area (Å²) >= 11 is 0. The molecule has 0 spiro atoms. The van der Waals surface area contributed by atoms with Crippen molar-refractivity contribution in [2.75, 3.05) is 0 Å². The predicted molar refractivity (Wildman–Crippen MR) is 51.1 cm³/mol. The Labute approximate surface area is 73.4 Å². The number of phenols is 1. The minimum atomic E-state index is 0.340. The molecule has 1 N–H and O–H groups in total. The average molecular weight is 161 g/mol. The van der Waals surface area contributed by atoms with Gasteiger partial charge in [-0.05, 0) is 37.0 Å². The van der Waals surface area contributed by atoms with Gasteiger partial charge in [0.1, 0.15) is 5.75 Å². The van der Waals surface area contributed by atoms with E-state index in [9.17, 15) is 5.11 Å². The molecule has 0 unspecified atom stereocenters. The van der Waals surface area contributed by atoms with Crippen molar-refractivity contribution in [3.8, 4) is 5.75 Å². The van der Waals surface area contributed by atoms with Gasteiger partial charge in [0, 0.05) is 0 Å². The molecule has 1 radical (unpaired) electrons. The average Bonchev–Trinajstić information content (AvgIpc) is 2.09. The highest BCUT2D eigenvalue weighted by atomic mass is 16.3. The molecule has 0 amide bonds. The van der Waals surface area contributed by atoms with Crippen molar-refractivity contribution < 1.29 is 5.11 Å². The van der Waals surface area contributed by atoms with Crippen LogP contribution in [0.5, 0.6) is 5.75 Å². The Bertz CT molecular complexity index is 276. The number of allylic oxidation sites excluding steroid dienone is 1. The standard InChI is InChI=1S/C11H13O/c1-3-5-10-8-9(4-2)6-7-11(10)12/h3,6-8,12H,1-2,4-5H2. The molecule has 0 saturated heterocycles. The van der Waals surface area contributed by atoms with Crippen LogP contribution in [0, 0.1) is 6.92 Å². The molecule has 0 bridgehead atoms. The highest BCUT2D eigenvalue weighted by molar-refractivity contribution is 5.37. The maximum atomic E-state index is 9.39. The minimum absolute atomic E-state index is 0.340. The third-order valence-electron chi connectivity index (χ3n) is 1.80. The predicted octanol–water partition coefficient (Wildman–Crippen LogP) is 2.50. The molecule has 0 aliphatic heterocycles. The Kier molecular flexibility index (Phi) is 2.92. The van der Waals surface area contributed by atoms with E-state index in [1.165, 1.54) is 0 Å². The van der Waals surface area contributed by atoms with Gasteiger partial charge in [0.25, 0.3) is 0 Å². The van der Waals surface area contributed by atoms with E-state index >= 15 is 0 Å². The largest absolute Gasteiger partial charge is 0.508 e. The van der Waals surface area contributed by atoms with Crippen LogP contribution in [0.3, 0.4) is 0 Å². The fourth-order valence-corrected chi connectivity index (χ4v) is 1.11. The molecule has 1 heteroatoms. The van der Waals surface area contributed by atoms with E-state index in [4.69, 9.17) is 0 Å². The van der Waals surface area contributed by atoms with Crippen LogP contribution < -0.4 is 0 Å².